The predicted molar refractivity (Wildman–Crippen MR) is 46.0 cm³/mol. The van der Waals surface area contributed by atoms with Crippen LogP contribution in [0.3, 0.4) is 0 Å². The Morgan fingerprint density at radius 1 is 1.50 bits per heavy atom. The lowest BCUT2D eigenvalue weighted by Crippen LogP contribution is -2.04. The van der Waals surface area contributed by atoms with Crippen LogP contribution in [-0.4, -0.2) is 10.8 Å². The first kappa shape index (κ1) is 7.47. The predicted octanol–water partition coefficient (Wildman–Crippen LogP) is 1.98. The Kier molecular flexibility index (Phi) is 1.68. The van der Waals surface area contributed by atoms with E-state index in [1.54, 1.807) is 6.07 Å². The quantitative estimate of drug-likeness (QED) is 0.621. The molecule has 0 unspecified atom stereocenters. The zero-order valence-corrected chi connectivity index (χ0v) is 7.08. The monoisotopic (exact) mass is 161 g/mol. The Morgan fingerprint density at radius 3 is 2.83 bits per heavy atom. The van der Waals surface area contributed by atoms with Crippen molar-refractivity contribution < 1.29 is 4.79 Å². The van der Waals surface area contributed by atoms with Gasteiger partial charge in [0, 0.05) is 11.6 Å². The van der Waals surface area contributed by atoms with E-state index in [0.29, 0.717) is 5.69 Å². The summed E-state index contributed by atoms with van der Waals surface area (Å²) in [5.41, 5.74) is 1.55. The third kappa shape index (κ3) is 1.37. The number of pyridine rings is 1. The van der Waals surface area contributed by atoms with E-state index in [0.717, 1.165) is 18.5 Å². The maximum Gasteiger partial charge on any atom is 0.184 e. The van der Waals surface area contributed by atoms with Gasteiger partial charge in [-0.25, -0.2) is 0 Å². The van der Waals surface area contributed by atoms with E-state index in [2.05, 4.69) is 4.98 Å². The third-order valence-corrected chi connectivity index (χ3v) is 2.09. The largest absolute Gasteiger partial charge is 0.292 e. The minimum atomic E-state index is 0.221. The molecule has 2 heteroatoms. The molecule has 12 heavy (non-hydrogen) atoms. The second-order valence-electron chi connectivity index (χ2n) is 3.30. The van der Waals surface area contributed by atoms with Gasteiger partial charge in [-0.2, -0.15) is 0 Å². The molecule has 0 aliphatic heterocycles. The molecule has 0 spiro atoms. The first-order valence-electron chi connectivity index (χ1n) is 4.25. The Balaban J connectivity index is 2.26. The van der Waals surface area contributed by atoms with Crippen molar-refractivity contribution in [2.45, 2.75) is 19.8 Å². The SMILES string of the molecule is Cc1cccc(C(=O)C2CC2)n1. The first-order valence-corrected chi connectivity index (χ1v) is 4.25. The summed E-state index contributed by atoms with van der Waals surface area (Å²) in [7, 11) is 0. The fourth-order valence-electron chi connectivity index (χ4n) is 1.23. The number of hydrogen-bond acceptors (Lipinski definition) is 2. The molecule has 1 saturated carbocycles. The molecule has 0 saturated heterocycles. The van der Waals surface area contributed by atoms with Crippen LogP contribution in [0.5, 0.6) is 0 Å². The highest BCUT2D eigenvalue weighted by atomic mass is 16.1. The summed E-state index contributed by atoms with van der Waals surface area (Å²) in [4.78, 5) is 15.7. The maximum absolute atomic E-state index is 11.5. The normalized spacial score (nSPS) is 16.1. The Morgan fingerprint density at radius 2 is 2.25 bits per heavy atom. The highest BCUT2D eigenvalue weighted by molar-refractivity contribution is 5.97. The summed E-state index contributed by atoms with van der Waals surface area (Å²) >= 11 is 0. The van der Waals surface area contributed by atoms with Crippen LogP contribution in [0.2, 0.25) is 0 Å². The van der Waals surface area contributed by atoms with Crippen molar-refractivity contribution in [1.29, 1.82) is 0 Å². The molecule has 1 aromatic rings. The van der Waals surface area contributed by atoms with Crippen molar-refractivity contribution >= 4 is 5.78 Å². The lowest BCUT2D eigenvalue weighted by atomic mass is 10.2. The molecule has 0 bridgehead atoms. The van der Waals surface area contributed by atoms with Gasteiger partial charge in [-0.1, -0.05) is 6.07 Å². The van der Waals surface area contributed by atoms with Crippen LogP contribution in [0.25, 0.3) is 0 Å². The molecule has 1 fully saturated rings. The zero-order chi connectivity index (χ0) is 8.55. The van der Waals surface area contributed by atoms with E-state index in [-0.39, 0.29) is 11.7 Å². The average Bonchev–Trinajstić information content (AvgIpc) is 2.85. The van der Waals surface area contributed by atoms with Gasteiger partial charge in [0.2, 0.25) is 0 Å². The number of carbonyl (C=O) groups excluding carboxylic acids is 1. The van der Waals surface area contributed by atoms with E-state index in [1.807, 2.05) is 19.1 Å². The molecule has 0 N–H and O–H groups in total. The van der Waals surface area contributed by atoms with Crippen molar-refractivity contribution in [3.05, 3.63) is 29.6 Å². The second kappa shape index (κ2) is 2.70. The minimum absolute atomic E-state index is 0.221. The number of aromatic nitrogens is 1. The van der Waals surface area contributed by atoms with Crippen molar-refractivity contribution in [1.82, 2.24) is 4.98 Å². The van der Waals surface area contributed by atoms with Gasteiger partial charge in [-0.15, -0.1) is 0 Å². The number of nitrogens with zero attached hydrogens (tertiary/aromatic N) is 1. The molecule has 0 amide bonds. The summed E-state index contributed by atoms with van der Waals surface area (Å²) < 4.78 is 0. The molecule has 2 rings (SSSR count). The number of Topliss-reactive ketones (excluding diaryl/α,β-unsaturated/α-hetero) is 1. The van der Waals surface area contributed by atoms with Crippen LogP contribution in [0.1, 0.15) is 29.0 Å². The third-order valence-electron chi connectivity index (χ3n) is 2.09. The fraction of sp³-hybridized carbons (Fsp3) is 0.400. The van der Waals surface area contributed by atoms with Crippen LogP contribution < -0.4 is 0 Å². The summed E-state index contributed by atoms with van der Waals surface area (Å²) in [5, 5.41) is 0. The molecular weight excluding hydrogens is 150 g/mol. The maximum atomic E-state index is 11.5. The van der Waals surface area contributed by atoms with Crippen LogP contribution in [0.15, 0.2) is 18.2 Å². The van der Waals surface area contributed by atoms with Gasteiger partial charge in [0.15, 0.2) is 5.78 Å². The van der Waals surface area contributed by atoms with Gasteiger partial charge in [0.05, 0.1) is 0 Å². The Hall–Kier alpha value is -1.18. The summed E-state index contributed by atoms with van der Waals surface area (Å²) in [6.07, 6.45) is 2.10. The summed E-state index contributed by atoms with van der Waals surface area (Å²) in [5.74, 6) is 0.498. The van der Waals surface area contributed by atoms with Crippen LogP contribution in [0.4, 0.5) is 0 Å². The molecule has 1 aliphatic rings. The van der Waals surface area contributed by atoms with Gasteiger partial charge >= 0.3 is 0 Å². The van der Waals surface area contributed by atoms with Crippen LogP contribution in [0, 0.1) is 12.8 Å². The molecule has 0 atom stereocenters. The number of aryl methyl sites for hydroxylation is 1. The minimum Gasteiger partial charge on any atom is -0.292 e. The summed E-state index contributed by atoms with van der Waals surface area (Å²) in [6.45, 7) is 1.91. The Labute approximate surface area is 71.6 Å². The van der Waals surface area contributed by atoms with Gasteiger partial charge in [0.1, 0.15) is 5.69 Å². The van der Waals surface area contributed by atoms with Gasteiger partial charge < -0.3 is 0 Å². The molecule has 0 radical (unpaired) electrons. The van der Waals surface area contributed by atoms with Crippen LogP contribution >= 0.6 is 0 Å². The van der Waals surface area contributed by atoms with E-state index in [9.17, 15) is 4.79 Å². The highest BCUT2D eigenvalue weighted by Crippen LogP contribution is 2.31. The number of carbonyl (C=O) groups is 1. The Bertz CT molecular complexity index is 315. The van der Waals surface area contributed by atoms with E-state index in [4.69, 9.17) is 0 Å². The van der Waals surface area contributed by atoms with Crippen molar-refractivity contribution in [3.63, 3.8) is 0 Å². The molecule has 2 nitrogen and oxygen atoms in total. The molecule has 0 aromatic carbocycles. The molecule has 1 aliphatic carbocycles. The average molecular weight is 161 g/mol. The smallest absolute Gasteiger partial charge is 0.184 e. The lowest BCUT2D eigenvalue weighted by Gasteiger charge is -1.97. The molecular formula is C10H11NO. The molecule has 1 aromatic heterocycles. The number of rotatable bonds is 2. The molecule has 62 valence electrons. The van der Waals surface area contributed by atoms with Crippen molar-refractivity contribution in [3.8, 4) is 0 Å². The van der Waals surface area contributed by atoms with Crippen LogP contribution in [-0.2, 0) is 0 Å². The zero-order valence-electron chi connectivity index (χ0n) is 7.08. The highest BCUT2D eigenvalue weighted by Gasteiger charge is 2.30. The van der Waals surface area contributed by atoms with Gasteiger partial charge in [-0.3, -0.25) is 9.78 Å². The number of hydrogen-bond donors (Lipinski definition) is 0. The van der Waals surface area contributed by atoms with Crippen molar-refractivity contribution in [2.75, 3.05) is 0 Å². The van der Waals surface area contributed by atoms with Crippen molar-refractivity contribution in [2.24, 2.45) is 5.92 Å². The van der Waals surface area contributed by atoms with Gasteiger partial charge in [0.25, 0.3) is 0 Å². The standard InChI is InChI=1S/C10H11NO/c1-7-3-2-4-9(11-7)10(12)8-5-6-8/h2-4,8H,5-6H2,1H3. The van der Waals surface area contributed by atoms with E-state index >= 15 is 0 Å². The fourth-order valence-corrected chi connectivity index (χ4v) is 1.23. The summed E-state index contributed by atoms with van der Waals surface area (Å²) in [6, 6.07) is 5.59. The second-order valence-corrected chi connectivity index (χ2v) is 3.30. The molecule has 1 heterocycles. The first-order chi connectivity index (χ1) is 5.77. The number of ketones is 1. The lowest BCUT2D eigenvalue weighted by molar-refractivity contribution is 0.0962. The van der Waals surface area contributed by atoms with E-state index < -0.39 is 0 Å². The van der Waals surface area contributed by atoms with Gasteiger partial charge in [-0.05, 0) is 31.9 Å². The topological polar surface area (TPSA) is 30.0 Å². The van der Waals surface area contributed by atoms with E-state index in [1.165, 1.54) is 0 Å².